The number of nitrogens with two attached hydrogens (primary N) is 1. The lowest BCUT2D eigenvalue weighted by Gasteiger charge is -2.09. The molecule has 0 saturated carbocycles. The third kappa shape index (κ3) is 4.28. The van der Waals surface area contributed by atoms with E-state index in [-0.39, 0.29) is 0 Å². The van der Waals surface area contributed by atoms with Gasteiger partial charge in [0.2, 0.25) is 0 Å². The molecular weight excluding hydrogens is 174 g/mol. The molecule has 1 atom stereocenters. The van der Waals surface area contributed by atoms with Crippen LogP contribution in [0.5, 0.6) is 0 Å². The van der Waals surface area contributed by atoms with E-state index in [9.17, 15) is 0 Å². The molecule has 0 aromatic carbocycles. The summed E-state index contributed by atoms with van der Waals surface area (Å²) in [7, 11) is 0. The van der Waals surface area contributed by atoms with E-state index in [4.69, 9.17) is 10.2 Å². The molecule has 14 heavy (non-hydrogen) atoms. The van der Waals surface area contributed by atoms with Crippen molar-refractivity contribution in [3.63, 3.8) is 0 Å². The maximum Gasteiger partial charge on any atom is 0.103 e. The summed E-state index contributed by atoms with van der Waals surface area (Å²) in [6.45, 7) is 3.69. The van der Waals surface area contributed by atoms with E-state index in [1.165, 1.54) is 0 Å². The molecule has 1 unspecified atom stereocenters. The Morgan fingerprint density at radius 2 is 2.36 bits per heavy atom. The fourth-order valence-electron chi connectivity index (χ4n) is 1.45. The zero-order chi connectivity index (χ0) is 10.2. The minimum atomic E-state index is 0.292. The number of aryl methyl sites for hydroxylation is 1. The Morgan fingerprint density at radius 1 is 1.50 bits per heavy atom. The summed E-state index contributed by atoms with van der Waals surface area (Å²) in [5.41, 5.74) is 5.96. The summed E-state index contributed by atoms with van der Waals surface area (Å²) in [6, 6.07) is 4.20. The number of allylic oxidation sites excluding steroid dienone is 1. The molecule has 1 heterocycles. The van der Waals surface area contributed by atoms with Crippen molar-refractivity contribution >= 4 is 0 Å². The zero-order valence-electron chi connectivity index (χ0n) is 8.61. The van der Waals surface area contributed by atoms with Crippen LogP contribution in [0, 0.1) is 0 Å². The van der Waals surface area contributed by atoms with E-state index < -0.39 is 0 Å². The molecule has 0 amide bonds. The molecule has 1 aromatic rings. The smallest absolute Gasteiger partial charge is 0.103 e. The Labute approximate surface area is 85.8 Å². The standard InChI is InChI=1S/C12H19NO/c1-2-3-4-6-11(13)8-9-12-7-5-10-14-12/h2,5,7,10-11H,1,3-4,6,8-9,13H2. The maximum absolute atomic E-state index is 5.96. The first-order valence-corrected chi connectivity index (χ1v) is 5.22. The lowest BCUT2D eigenvalue weighted by atomic mass is 10.0. The summed E-state index contributed by atoms with van der Waals surface area (Å²) >= 11 is 0. The van der Waals surface area contributed by atoms with Crippen molar-refractivity contribution < 1.29 is 4.42 Å². The lowest BCUT2D eigenvalue weighted by molar-refractivity contribution is 0.472. The second kappa shape index (κ2) is 6.44. The minimum Gasteiger partial charge on any atom is -0.469 e. The zero-order valence-corrected chi connectivity index (χ0v) is 8.61. The van der Waals surface area contributed by atoms with Gasteiger partial charge in [0.25, 0.3) is 0 Å². The summed E-state index contributed by atoms with van der Waals surface area (Å²) in [6.07, 6.45) is 8.88. The van der Waals surface area contributed by atoms with Crippen molar-refractivity contribution in [1.29, 1.82) is 0 Å². The Morgan fingerprint density at radius 3 is 3.00 bits per heavy atom. The van der Waals surface area contributed by atoms with Crippen molar-refractivity contribution in [3.05, 3.63) is 36.8 Å². The molecular formula is C12H19NO. The largest absolute Gasteiger partial charge is 0.469 e. The van der Waals surface area contributed by atoms with E-state index in [1.807, 2.05) is 18.2 Å². The van der Waals surface area contributed by atoms with Gasteiger partial charge in [-0.1, -0.05) is 6.08 Å². The van der Waals surface area contributed by atoms with Crippen LogP contribution in [0.1, 0.15) is 31.4 Å². The molecule has 0 aliphatic rings. The van der Waals surface area contributed by atoms with Crippen LogP contribution in [0.3, 0.4) is 0 Å². The lowest BCUT2D eigenvalue weighted by Crippen LogP contribution is -2.20. The van der Waals surface area contributed by atoms with Gasteiger partial charge < -0.3 is 10.2 Å². The summed E-state index contributed by atoms with van der Waals surface area (Å²) in [4.78, 5) is 0. The Hall–Kier alpha value is -1.02. The first kappa shape index (κ1) is 11.1. The van der Waals surface area contributed by atoms with Crippen LogP contribution < -0.4 is 5.73 Å². The van der Waals surface area contributed by atoms with Gasteiger partial charge in [-0.3, -0.25) is 0 Å². The molecule has 0 saturated heterocycles. The quantitative estimate of drug-likeness (QED) is 0.534. The van der Waals surface area contributed by atoms with Gasteiger partial charge in [0.05, 0.1) is 6.26 Å². The highest BCUT2D eigenvalue weighted by atomic mass is 16.3. The van der Waals surface area contributed by atoms with Gasteiger partial charge in [-0.05, 0) is 37.8 Å². The first-order valence-electron chi connectivity index (χ1n) is 5.22. The fraction of sp³-hybridized carbons (Fsp3) is 0.500. The fourth-order valence-corrected chi connectivity index (χ4v) is 1.45. The average Bonchev–Trinajstić information content (AvgIpc) is 2.68. The van der Waals surface area contributed by atoms with Crippen LogP contribution in [0.15, 0.2) is 35.5 Å². The summed E-state index contributed by atoms with van der Waals surface area (Å²) < 4.78 is 5.24. The first-order chi connectivity index (χ1) is 6.83. The second-order valence-corrected chi connectivity index (χ2v) is 3.60. The highest BCUT2D eigenvalue weighted by molar-refractivity contribution is 4.98. The van der Waals surface area contributed by atoms with E-state index in [2.05, 4.69) is 6.58 Å². The van der Waals surface area contributed by atoms with Crippen LogP contribution in [0.2, 0.25) is 0 Å². The third-order valence-electron chi connectivity index (χ3n) is 2.32. The van der Waals surface area contributed by atoms with Crippen molar-refractivity contribution in [1.82, 2.24) is 0 Å². The predicted octanol–water partition coefficient (Wildman–Crippen LogP) is 2.90. The Bertz CT molecular complexity index is 241. The highest BCUT2D eigenvalue weighted by Crippen LogP contribution is 2.08. The third-order valence-corrected chi connectivity index (χ3v) is 2.32. The molecule has 1 rings (SSSR count). The van der Waals surface area contributed by atoms with Crippen LogP contribution >= 0.6 is 0 Å². The van der Waals surface area contributed by atoms with Crippen molar-refractivity contribution in [2.75, 3.05) is 0 Å². The molecule has 0 aliphatic heterocycles. The van der Waals surface area contributed by atoms with Gasteiger partial charge in [-0.15, -0.1) is 6.58 Å². The highest BCUT2D eigenvalue weighted by Gasteiger charge is 2.03. The number of furan rings is 1. The Kier molecular flexibility index (Phi) is 5.08. The van der Waals surface area contributed by atoms with Gasteiger partial charge in [-0.2, -0.15) is 0 Å². The normalized spacial score (nSPS) is 12.6. The molecule has 78 valence electrons. The van der Waals surface area contributed by atoms with Gasteiger partial charge in [0.1, 0.15) is 5.76 Å². The molecule has 0 aliphatic carbocycles. The average molecular weight is 193 g/mol. The number of hydrogen-bond donors (Lipinski definition) is 1. The van der Waals surface area contributed by atoms with Gasteiger partial charge in [-0.25, -0.2) is 0 Å². The maximum atomic E-state index is 5.96. The topological polar surface area (TPSA) is 39.2 Å². The summed E-state index contributed by atoms with van der Waals surface area (Å²) in [5, 5.41) is 0. The molecule has 2 N–H and O–H groups in total. The number of hydrogen-bond acceptors (Lipinski definition) is 2. The van der Waals surface area contributed by atoms with Crippen LogP contribution in [0.25, 0.3) is 0 Å². The number of unbranched alkanes of at least 4 members (excludes halogenated alkanes) is 1. The molecule has 1 aromatic heterocycles. The minimum absolute atomic E-state index is 0.292. The van der Waals surface area contributed by atoms with Crippen molar-refractivity contribution in [2.45, 2.75) is 38.1 Å². The molecule has 0 bridgehead atoms. The predicted molar refractivity (Wildman–Crippen MR) is 59.1 cm³/mol. The monoisotopic (exact) mass is 193 g/mol. The van der Waals surface area contributed by atoms with Crippen molar-refractivity contribution in [3.8, 4) is 0 Å². The van der Waals surface area contributed by atoms with Gasteiger partial charge in [0, 0.05) is 12.5 Å². The molecule has 2 heteroatoms. The SMILES string of the molecule is C=CCCCC(N)CCc1ccco1. The van der Waals surface area contributed by atoms with Crippen LogP contribution in [-0.2, 0) is 6.42 Å². The Balaban J connectivity index is 2.08. The molecule has 0 fully saturated rings. The summed E-state index contributed by atoms with van der Waals surface area (Å²) in [5.74, 6) is 1.03. The molecule has 0 spiro atoms. The van der Waals surface area contributed by atoms with E-state index >= 15 is 0 Å². The van der Waals surface area contributed by atoms with Crippen LogP contribution in [0.4, 0.5) is 0 Å². The number of rotatable bonds is 7. The van der Waals surface area contributed by atoms with Gasteiger partial charge >= 0.3 is 0 Å². The van der Waals surface area contributed by atoms with E-state index in [0.29, 0.717) is 6.04 Å². The molecule has 2 nitrogen and oxygen atoms in total. The molecule has 0 radical (unpaired) electrons. The van der Waals surface area contributed by atoms with Crippen LogP contribution in [-0.4, -0.2) is 6.04 Å². The van der Waals surface area contributed by atoms with Crippen molar-refractivity contribution in [2.24, 2.45) is 5.73 Å². The second-order valence-electron chi connectivity index (χ2n) is 3.60. The van der Waals surface area contributed by atoms with E-state index in [0.717, 1.165) is 37.9 Å². The van der Waals surface area contributed by atoms with Gasteiger partial charge in [0.15, 0.2) is 0 Å². The van der Waals surface area contributed by atoms with E-state index in [1.54, 1.807) is 6.26 Å².